The summed E-state index contributed by atoms with van der Waals surface area (Å²) in [4.78, 5) is 9.05. The zero-order valence-corrected chi connectivity index (χ0v) is 12.4. The first-order valence-corrected chi connectivity index (χ1v) is 7.18. The monoisotopic (exact) mass is 262 g/mol. The van der Waals surface area contributed by atoms with Crippen molar-refractivity contribution >= 4 is 5.69 Å². The van der Waals surface area contributed by atoms with E-state index in [2.05, 4.69) is 40.3 Å². The van der Waals surface area contributed by atoms with Crippen LogP contribution in [0.25, 0.3) is 0 Å². The fraction of sp³-hybridized carbons (Fsp3) is 0.667. The number of nitrogens with one attached hydrogen (secondary N) is 1. The van der Waals surface area contributed by atoms with Crippen LogP contribution in [0.2, 0.25) is 0 Å². The van der Waals surface area contributed by atoms with Crippen LogP contribution in [0.5, 0.6) is 0 Å². The van der Waals surface area contributed by atoms with Gasteiger partial charge in [-0.3, -0.25) is 4.98 Å². The van der Waals surface area contributed by atoms with Crippen molar-refractivity contribution in [3.8, 4) is 0 Å². The quantitative estimate of drug-likeness (QED) is 0.873. The zero-order valence-electron chi connectivity index (χ0n) is 12.4. The highest BCUT2D eigenvalue weighted by Gasteiger charge is 2.19. The van der Waals surface area contributed by atoms with Gasteiger partial charge in [-0.1, -0.05) is 0 Å². The number of anilines is 1. The number of nitrogens with zero attached hydrogens (tertiary/aromatic N) is 3. The van der Waals surface area contributed by atoms with Gasteiger partial charge in [0, 0.05) is 43.8 Å². The van der Waals surface area contributed by atoms with E-state index in [1.165, 1.54) is 37.2 Å². The number of pyridine rings is 1. The average Bonchev–Trinajstić information content (AvgIpc) is 2.42. The molecule has 106 valence electrons. The number of likely N-dealkylation sites (tertiary alicyclic amines) is 1. The second kappa shape index (κ2) is 6.87. The van der Waals surface area contributed by atoms with Crippen LogP contribution < -0.4 is 10.2 Å². The molecule has 4 nitrogen and oxygen atoms in total. The minimum absolute atomic E-state index is 0.816. The van der Waals surface area contributed by atoms with Crippen molar-refractivity contribution in [2.24, 2.45) is 5.92 Å². The van der Waals surface area contributed by atoms with Crippen LogP contribution >= 0.6 is 0 Å². The van der Waals surface area contributed by atoms with E-state index >= 15 is 0 Å². The smallest absolute Gasteiger partial charge is 0.0440 e. The summed E-state index contributed by atoms with van der Waals surface area (Å²) < 4.78 is 0. The van der Waals surface area contributed by atoms with Gasteiger partial charge in [0.25, 0.3) is 0 Å². The molecule has 19 heavy (non-hydrogen) atoms. The van der Waals surface area contributed by atoms with Crippen LogP contribution in [0.4, 0.5) is 5.69 Å². The Morgan fingerprint density at radius 3 is 2.84 bits per heavy atom. The second-order valence-corrected chi connectivity index (χ2v) is 5.66. The molecule has 0 bridgehead atoms. The van der Waals surface area contributed by atoms with Gasteiger partial charge < -0.3 is 15.1 Å². The van der Waals surface area contributed by atoms with Gasteiger partial charge in [0.05, 0.1) is 0 Å². The zero-order chi connectivity index (χ0) is 13.7. The van der Waals surface area contributed by atoms with Gasteiger partial charge in [0.1, 0.15) is 0 Å². The standard InChI is InChI=1S/C15H26N4/c1-16-10-14-11-17-7-4-15(14)19(3)12-13-5-8-18(2)9-6-13/h4,7,11,13,16H,5-6,8-10,12H2,1-3H3. The molecule has 1 N–H and O–H groups in total. The molecule has 0 spiro atoms. The van der Waals surface area contributed by atoms with Crippen LogP contribution in [0.1, 0.15) is 18.4 Å². The van der Waals surface area contributed by atoms with E-state index in [1.807, 2.05) is 19.4 Å². The summed E-state index contributed by atoms with van der Waals surface area (Å²) in [5, 5.41) is 3.22. The van der Waals surface area contributed by atoms with E-state index in [1.54, 1.807) is 0 Å². The van der Waals surface area contributed by atoms with Crippen LogP contribution in [0, 0.1) is 5.92 Å². The maximum atomic E-state index is 4.23. The predicted molar refractivity (Wildman–Crippen MR) is 80.5 cm³/mol. The maximum Gasteiger partial charge on any atom is 0.0440 e. The summed E-state index contributed by atoms with van der Waals surface area (Å²) >= 11 is 0. The fourth-order valence-corrected chi connectivity index (χ4v) is 2.85. The molecule has 1 aromatic heterocycles. The highest BCUT2D eigenvalue weighted by Crippen LogP contribution is 2.22. The van der Waals surface area contributed by atoms with Crippen molar-refractivity contribution in [2.75, 3.05) is 45.7 Å². The Morgan fingerprint density at radius 2 is 2.16 bits per heavy atom. The molecular weight excluding hydrogens is 236 g/mol. The number of hydrogen-bond acceptors (Lipinski definition) is 4. The van der Waals surface area contributed by atoms with E-state index in [0.717, 1.165) is 19.0 Å². The lowest BCUT2D eigenvalue weighted by atomic mass is 9.96. The summed E-state index contributed by atoms with van der Waals surface area (Å²) in [7, 11) is 6.40. The molecule has 0 atom stereocenters. The van der Waals surface area contributed by atoms with Gasteiger partial charge in [-0.15, -0.1) is 0 Å². The van der Waals surface area contributed by atoms with Gasteiger partial charge in [-0.05, 0) is 52.0 Å². The molecule has 0 amide bonds. The molecule has 0 radical (unpaired) electrons. The number of rotatable bonds is 5. The van der Waals surface area contributed by atoms with Crippen molar-refractivity contribution in [3.63, 3.8) is 0 Å². The normalized spacial score (nSPS) is 17.6. The molecule has 1 saturated heterocycles. The maximum absolute atomic E-state index is 4.23. The van der Waals surface area contributed by atoms with E-state index in [0.29, 0.717) is 0 Å². The molecule has 0 aromatic carbocycles. The molecule has 1 fully saturated rings. The first-order chi connectivity index (χ1) is 9.20. The Bertz CT molecular complexity index is 385. The SMILES string of the molecule is CNCc1cnccc1N(C)CC1CCN(C)CC1. The third-order valence-corrected chi connectivity index (χ3v) is 4.03. The van der Waals surface area contributed by atoms with Gasteiger partial charge in [0.2, 0.25) is 0 Å². The highest BCUT2D eigenvalue weighted by atomic mass is 15.1. The second-order valence-electron chi connectivity index (χ2n) is 5.66. The molecule has 2 rings (SSSR count). The van der Waals surface area contributed by atoms with Gasteiger partial charge in [-0.2, -0.15) is 0 Å². The molecule has 0 saturated carbocycles. The molecule has 1 aliphatic heterocycles. The van der Waals surface area contributed by atoms with Crippen molar-refractivity contribution in [1.29, 1.82) is 0 Å². The van der Waals surface area contributed by atoms with Crippen LogP contribution in [0.15, 0.2) is 18.5 Å². The van der Waals surface area contributed by atoms with Gasteiger partial charge in [-0.25, -0.2) is 0 Å². The third-order valence-electron chi connectivity index (χ3n) is 4.03. The third kappa shape index (κ3) is 3.91. The minimum Gasteiger partial charge on any atom is -0.374 e. The van der Waals surface area contributed by atoms with Crippen LogP contribution in [-0.2, 0) is 6.54 Å². The topological polar surface area (TPSA) is 31.4 Å². The summed E-state index contributed by atoms with van der Waals surface area (Å²) in [6, 6.07) is 2.13. The van der Waals surface area contributed by atoms with E-state index in [-0.39, 0.29) is 0 Å². The Kier molecular flexibility index (Phi) is 5.16. The lowest BCUT2D eigenvalue weighted by Crippen LogP contribution is -2.36. The Labute approximate surface area is 116 Å². The first-order valence-electron chi connectivity index (χ1n) is 7.18. The highest BCUT2D eigenvalue weighted by molar-refractivity contribution is 5.51. The van der Waals surface area contributed by atoms with E-state index < -0.39 is 0 Å². The van der Waals surface area contributed by atoms with E-state index in [4.69, 9.17) is 0 Å². The summed E-state index contributed by atoms with van der Waals surface area (Å²) in [6.45, 7) is 4.49. The molecule has 1 aromatic rings. The largest absolute Gasteiger partial charge is 0.374 e. The van der Waals surface area contributed by atoms with Crippen molar-refractivity contribution < 1.29 is 0 Å². The summed E-state index contributed by atoms with van der Waals surface area (Å²) in [5.41, 5.74) is 2.59. The van der Waals surface area contributed by atoms with Crippen molar-refractivity contribution in [3.05, 3.63) is 24.0 Å². The van der Waals surface area contributed by atoms with E-state index in [9.17, 15) is 0 Å². The Morgan fingerprint density at radius 1 is 1.42 bits per heavy atom. The first kappa shape index (κ1) is 14.3. The fourth-order valence-electron chi connectivity index (χ4n) is 2.85. The lowest BCUT2D eigenvalue weighted by Gasteiger charge is -2.33. The number of hydrogen-bond donors (Lipinski definition) is 1. The molecule has 4 heteroatoms. The minimum atomic E-state index is 0.816. The van der Waals surface area contributed by atoms with Crippen LogP contribution in [-0.4, -0.2) is 50.7 Å². The van der Waals surface area contributed by atoms with Gasteiger partial charge >= 0.3 is 0 Å². The molecule has 1 aliphatic rings. The molecule has 0 aliphatic carbocycles. The van der Waals surface area contributed by atoms with Crippen molar-refractivity contribution in [2.45, 2.75) is 19.4 Å². The molecular formula is C15H26N4. The average molecular weight is 262 g/mol. The van der Waals surface area contributed by atoms with Gasteiger partial charge in [0.15, 0.2) is 0 Å². The predicted octanol–water partition coefficient (Wildman–Crippen LogP) is 1.58. The van der Waals surface area contributed by atoms with Crippen molar-refractivity contribution in [1.82, 2.24) is 15.2 Å². The number of piperidine rings is 1. The molecule has 0 unspecified atom stereocenters. The Balaban J connectivity index is 1.97. The molecule has 2 heterocycles. The summed E-state index contributed by atoms with van der Waals surface area (Å²) in [6.07, 6.45) is 6.48. The summed E-state index contributed by atoms with van der Waals surface area (Å²) in [5.74, 6) is 0.816. The number of aromatic nitrogens is 1. The van der Waals surface area contributed by atoms with Crippen LogP contribution in [0.3, 0.4) is 0 Å². The lowest BCUT2D eigenvalue weighted by molar-refractivity contribution is 0.222. The Hall–Kier alpha value is -1.13.